The van der Waals surface area contributed by atoms with Crippen LogP contribution in [0.4, 0.5) is 0 Å². The maximum absolute atomic E-state index is 12.9. The second-order valence-corrected chi connectivity index (χ2v) is 8.53. The van der Waals surface area contributed by atoms with E-state index >= 15 is 0 Å². The first-order valence-corrected chi connectivity index (χ1v) is 10.4. The molecule has 3 aromatic rings. The van der Waals surface area contributed by atoms with Crippen LogP contribution in [-0.2, 0) is 11.3 Å². The number of aromatic nitrogens is 1. The van der Waals surface area contributed by atoms with E-state index in [9.17, 15) is 14.4 Å². The van der Waals surface area contributed by atoms with Crippen molar-refractivity contribution in [3.63, 3.8) is 0 Å². The van der Waals surface area contributed by atoms with Gasteiger partial charge >= 0.3 is 0 Å². The fraction of sp³-hybridized carbons (Fsp3) is 0.250. The average Bonchev–Trinajstić information content (AvgIpc) is 3.34. The number of nitrogens with zero attached hydrogens (tertiary/aromatic N) is 1. The van der Waals surface area contributed by atoms with E-state index in [2.05, 4.69) is 5.32 Å². The standard InChI is InChI=1S/C20H20N2O4S2/c1-12(2)21-18(24)11-22-19(9-14(23)15-5-4-7-26-15)28-17(20(22)25)10-16-13(3)6-8-27-16/h4-10,12H,11H2,1-3H3,(H,21,24)/b17-10+,19-9-. The topological polar surface area (TPSA) is 81.3 Å². The lowest BCUT2D eigenvalue weighted by Crippen LogP contribution is -2.40. The van der Waals surface area contributed by atoms with Crippen molar-refractivity contribution in [2.45, 2.75) is 33.4 Å². The van der Waals surface area contributed by atoms with E-state index in [0.29, 0.717) is 9.20 Å². The predicted molar refractivity (Wildman–Crippen MR) is 111 cm³/mol. The Morgan fingerprint density at radius 2 is 2.11 bits per heavy atom. The summed E-state index contributed by atoms with van der Waals surface area (Å²) in [6.07, 6.45) is 4.56. The molecule has 0 bridgehead atoms. The van der Waals surface area contributed by atoms with Gasteiger partial charge in [-0.15, -0.1) is 22.7 Å². The molecule has 3 heterocycles. The zero-order chi connectivity index (χ0) is 20.3. The highest BCUT2D eigenvalue weighted by molar-refractivity contribution is 7.11. The van der Waals surface area contributed by atoms with Gasteiger partial charge in [-0.1, -0.05) is 0 Å². The van der Waals surface area contributed by atoms with E-state index in [-0.39, 0.29) is 35.6 Å². The first-order valence-electron chi connectivity index (χ1n) is 8.69. The van der Waals surface area contributed by atoms with Crippen molar-refractivity contribution in [1.82, 2.24) is 9.88 Å². The Balaban J connectivity index is 2.11. The number of thiazole rings is 1. The summed E-state index contributed by atoms with van der Waals surface area (Å²) in [6.45, 7) is 5.52. The molecule has 0 aromatic carbocycles. The normalized spacial score (nSPS) is 12.7. The Hall–Kier alpha value is -2.71. The van der Waals surface area contributed by atoms with E-state index in [1.807, 2.05) is 32.2 Å². The molecule has 0 aliphatic carbocycles. The summed E-state index contributed by atoms with van der Waals surface area (Å²) < 4.78 is 7.34. The number of aryl methyl sites for hydroxylation is 1. The lowest BCUT2D eigenvalue weighted by atomic mass is 10.3. The van der Waals surface area contributed by atoms with Crippen LogP contribution in [0.1, 0.15) is 34.8 Å². The van der Waals surface area contributed by atoms with Crippen molar-refractivity contribution < 1.29 is 14.0 Å². The Kier molecular flexibility index (Phi) is 6.11. The third-order valence-electron chi connectivity index (χ3n) is 3.87. The smallest absolute Gasteiger partial charge is 0.269 e. The van der Waals surface area contributed by atoms with Crippen LogP contribution in [0.25, 0.3) is 12.2 Å². The molecule has 0 atom stereocenters. The number of hydrogen-bond acceptors (Lipinski definition) is 6. The van der Waals surface area contributed by atoms with Gasteiger partial charge in [0.2, 0.25) is 11.7 Å². The zero-order valence-corrected chi connectivity index (χ0v) is 17.4. The number of furan rings is 1. The minimum atomic E-state index is -0.358. The first-order chi connectivity index (χ1) is 13.3. The highest BCUT2D eigenvalue weighted by Crippen LogP contribution is 2.15. The molecule has 146 valence electrons. The van der Waals surface area contributed by atoms with Gasteiger partial charge in [0.1, 0.15) is 11.2 Å². The van der Waals surface area contributed by atoms with Crippen molar-refractivity contribution in [1.29, 1.82) is 0 Å². The van der Waals surface area contributed by atoms with Crippen molar-refractivity contribution in [3.05, 3.63) is 65.6 Å². The summed E-state index contributed by atoms with van der Waals surface area (Å²) >= 11 is 2.72. The number of ketones is 1. The predicted octanol–water partition coefficient (Wildman–Crippen LogP) is 1.89. The van der Waals surface area contributed by atoms with Crippen molar-refractivity contribution >= 4 is 46.5 Å². The molecule has 3 aromatic heterocycles. The highest BCUT2D eigenvalue weighted by Gasteiger charge is 2.13. The molecule has 0 aliphatic heterocycles. The van der Waals surface area contributed by atoms with E-state index < -0.39 is 0 Å². The molecule has 3 rings (SSSR count). The molecule has 1 N–H and O–H groups in total. The first kappa shape index (κ1) is 20.0. The lowest BCUT2D eigenvalue weighted by Gasteiger charge is -2.08. The Morgan fingerprint density at radius 3 is 2.71 bits per heavy atom. The average molecular weight is 417 g/mol. The molecule has 0 unspecified atom stereocenters. The van der Waals surface area contributed by atoms with E-state index in [1.54, 1.807) is 18.2 Å². The van der Waals surface area contributed by atoms with Crippen LogP contribution in [0.15, 0.2) is 39.1 Å². The number of carbonyl (C=O) groups excluding carboxylic acids is 2. The van der Waals surface area contributed by atoms with E-state index in [0.717, 1.165) is 10.4 Å². The van der Waals surface area contributed by atoms with Gasteiger partial charge in [0, 0.05) is 17.0 Å². The fourth-order valence-electron chi connectivity index (χ4n) is 2.56. The van der Waals surface area contributed by atoms with Crippen LogP contribution in [0.5, 0.6) is 0 Å². The molecule has 28 heavy (non-hydrogen) atoms. The molecular formula is C20H20N2O4S2. The molecule has 0 saturated heterocycles. The number of hydrogen-bond donors (Lipinski definition) is 1. The largest absolute Gasteiger partial charge is 0.461 e. The zero-order valence-electron chi connectivity index (χ0n) is 15.7. The van der Waals surface area contributed by atoms with Crippen LogP contribution in [-0.4, -0.2) is 22.3 Å². The summed E-state index contributed by atoms with van der Waals surface area (Å²) in [6, 6.07) is 5.12. The van der Waals surface area contributed by atoms with Gasteiger partial charge in [0.05, 0.1) is 10.8 Å². The highest BCUT2D eigenvalue weighted by atomic mass is 32.1. The van der Waals surface area contributed by atoms with Crippen molar-refractivity contribution in [3.8, 4) is 0 Å². The monoisotopic (exact) mass is 416 g/mol. The number of rotatable bonds is 6. The number of carbonyl (C=O) groups is 2. The second-order valence-electron chi connectivity index (χ2n) is 6.52. The van der Waals surface area contributed by atoms with Crippen LogP contribution < -0.4 is 20.1 Å². The van der Waals surface area contributed by atoms with Gasteiger partial charge in [-0.2, -0.15) is 0 Å². The van der Waals surface area contributed by atoms with Crippen molar-refractivity contribution in [2.24, 2.45) is 0 Å². The number of nitrogens with one attached hydrogen (secondary N) is 1. The van der Waals surface area contributed by atoms with Gasteiger partial charge in [-0.25, -0.2) is 0 Å². The molecule has 0 saturated carbocycles. The molecule has 1 amide bonds. The van der Waals surface area contributed by atoms with E-state index in [4.69, 9.17) is 4.42 Å². The van der Waals surface area contributed by atoms with Gasteiger partial charge in [0.15, 0.2) is 5.76 Å². The minimum Gasteiger partial charge on any atom is -0.461 e. The molecular weight excluding hydrogens is 396 g/mol. The summed E-state index contributed by atoms with van der Waals surface area (Å²) in [5.41, 5.74) is 0.772. The molecule has 0 aliphatic rings. The Labute approximate surface area is 169 Å². The summed E-state index contributed by atoms with van der Waals surface area (Å²) in [5.74, 6) is -0.462. The van der Waals surface area contributed by atoms with Crippen LogP contribution in [0.3, 0.4) is 0 Å². The third kappa shape index (κ3) is 4.58. The summed E-state index contributed by atoms with van der Waals surface area (Å²) in [7, 11) is 0. The second kappa shape index (κ2) is 8.53. The maximum Gasteiger partial charge on any atom is 0.269 e. The van der Waals surface area contributed by atoms with Crippen LogP contribution in [0, 0.1) is 6.92 Å². The number of Topliss-reactive ketones (excluding diaryl/α,β-unsaturated/α-hetero) is 1. The van der Waals surface area contributed by atoms with Gasteiger partial charge in [-0.3, -0.25) is 19.0 Å². The van der Waals surface area contributed by atoms with Crippen LogP contribution >= 0.6 is 22.7 Å². The van der Waals surface area contributed by atoms with Crippen molar-refractivity contribution in [2.75, 3.05) is 0 Å². The molecule has 0 radical (unpaired) electrons. The van der Waals surface area contributed by atoms with E-state index in [1.165, 1.54) is 39.6 Å². The lowest BCUT2D eigenvalue weighted by molar-refractivity contribution is -0.122. The fourth-order valence-corrected chi connectivity index (χ4v) is 4.51. The molecule has 8 heteroatoms. The number of amides is 1. The van der Waals surface area contributed by atoms with Gasteiger partial charge in [0.25, 0.3) is 5.56 Å². The summed E-state index contributed by atoms with van der Waals surface area (Å²) in [5, 5.41) is 4.73. The number of thiophene rings is 1. The SMILES string of the molecule is Cc1ccsc1/C=c1/s/c(=C\C(=O)c2ccco2)n(CC(=O)NC(C)C)c1=O. The third-order valence-corrected chi connectivity index (χ3v) is 5.90. The molecule has 0 fully saturated rings. The minimum absolute atomic E-state index is 0.0428. The summed E-state index contributed by atoms with van der Waals surface area (Å²) in [4.78, 5) is 38.5. The van der Waals surface area contributed by atoms with Gasteiger partial charge < -0.3 is 9.73 Å². The molecule has 6 nitrogen and oxygen atoms in total. The van der Waals surface area contributed by atoms with Gasteiger partial charge in [-0.05, 0) is 56.0 Å². The Morgan fingerprint density at radius 1 is 1.32 bits per heavy atom. The Bertz CT molecular complexity index is 1160. The van der Waals surface area contributed by atoms with Crippen LogP contribution in [0.2, 0.25) is 0 Å². The quantitative estimate of drug-likeness (QED) is 0.622. The maximum atomic E-state index is 12.9. The molecule has 0 spiro atoms.